The van der Waals surface area contributed by atoms with E-state index in [1.807, 2.05) is 6.07 Å². The van der Waals surface area contributed by atoms with Gasteiger partial charge in [0.15, 0.2) is 0 Å². The summed E-state index contributed by atoms with van der Waals surface area (Å²) in [4.78, 5) is 10.6. The lowest BCUT2D eigenvalue weighted by Crippen LogP contribution is -2.33. The highest BCUT2D eigenvalue weighted by molar-refractivity contribution is 5.38. The molecule has 1 heterocycles. The van der Waals surface area contributed by atoms with Crippen molar-refractivity contribution in [3.8, 4) is 5.88 Å². The zero-order valence-corrected chi connectivity index (χ0v) is 13.4. The molecular formula is C15H28N4O. The summed E-state index contributed by atoms with van der Waals surface area (Å²) < 4.78 is 5.54. The molecule has 1 unspecified atom stereocenters. The second-order valence-electron chi connectivity index (χ2n) is 5.82. The Morgan fingerprint density at radius 1 is 1.30 bits per heavy atom. The highest BCUT2D eigenvalue weighted by atomic mass is 16.5. The number of rotatable bonds is 9. The first kappa shape index (κ1) is 16.7. The molecule has 0 saturated carbocycles. The summed E-state index contributed by atoms with van der Waals surface area (Å²) in [6, 6.07) is 2.25. The van der Waals surface area contributed by atoms with Crippen LogP contribution in [0.1, 0.15) is 33.6 Å². The minimum Gasteiger partial charge on any atom is -0.478 e. The van der Waals surface area contributed by atoms with Crippen LogP contribution in [0.15, 0.2) is 12.4 Å². The van der Waals surface area contributed by atoms with E-state index in [9.17, 15) is 0 Å². The number of hydrogen-bond acceptors (Lipinski definition) is 5. The molecule has 1 atom stereocenters. The molecule has 1 rings (SSSR count). The van der Waals surface area contributed by atoms with Gasteiger partial charge in [-0.05, 0) is 32.9 Å². The van der Waals surface area contributed by atoms with Crippen molar-refractivity contribution >= 4 is 5.82 Å². The van der Waals surface area contributed by atoms with Gasteiger partial charge >= 0.3 is 0 Å². The Hall–Kier alpha value is -1.36. The topological polar surface area (TPSA) is 50.3 Å². The molecule has 20 heavy (non-hydrogen) atoms. The van der Waals surface area contributed by atoms with E-state index in [1.165, 1.54) is 0 Å². The molecule has 0 amide bonds. The average molecular weight is 280 g/mol. The maximum Gasteiger partial charge on any atom is 0.218 e. The van der Waals surface area contributed by atoms with Crippen LogP contribution in [-0.2, 0) is 0 Å². The van der Waals surface area contributed by atoms with Crippen LogP contribution in [0, 0.1) is 5.92 Å². The summed E-state index contributed by atoms with van der Waals surface area (Å²) in [7, 11) is 4.18. The lowest BCUT2D eigenvalue weighted by molar-refractivity contribution is 0.304. The van der Waals surface area contributed by atoms with Crippen LogP contribution >= 0.6 is 0 Å². The fraction of sp³-hybridized carbons (Fsp3) is 0.733. The molecule has 114 valence electrons. The van der Waals surface area contributed by atoms with Crippen LogP contribution in [-0.4, -0.2) is 48.2 Å². The molecule has 0 radical (unpaired) electrons. The Bertz CT molecular complexity index is 372. The molecule has 1 N–H and O–H groups in total. The van der Waals surface area contributed by atoms with Gasteiger partial charge in [0.1, 0.15) is 12.1 Å². The SMILES string of the molecule is CCCOc1cc(NC(CC(C)C)CN(C)C)ncn1. The first-order valence-corrected chi connectivity index (χ1v) is 7.37. The van der Waals surface area contributed by atoms with Crippen LogP contribution in [0.2, 0.25) is 0 Å². The Morgan fingerprint density at radius 2 is 2.05 bits per heavy atom. The van der Waals surface area contributed by atoms with E-state index in [1.54, 1.807) is 6.33 Å². The molecule has 0 aromatic carbocycles. The molecule has 0 aliphatic heterocycles. The summed E-state index contributed by atoms with van der Waals surface area (Å²) in [5.74, 6) is 2.11. The van der Waals surface area contributed by atoms with Crippen molar-refractivity contribution in [1.29, 1.82) is 0 Å². The van der Waals surface area contributed by atoms with Crippen LogP contribution in [0.3, 0.4) is 0 Å². The number of ether oxygens (including phenoxy) is 1. The van der Waals surface area contributed by atoms with E-state index in [-0.39, 0.29) is 0 Å². The molecular weight excluding hydrogens is 252 g/mol. The van der Waals surface area contributed by atoms with Gasteiger partial charge in [-0.2, -0.15) is 0 Å². The van der Waals surface area contributed by atoms with E-state index < -0.39 is 0 Å². The number of nitrogens with one attached hydrogen (secondary N) is 1. The molecule has 0 bridgehead atoms. The monoisotopic (exact) mass is 280 g/mol. The number of nitrogens with zero attached hydrogens (tertiary/aromatic N) is 3. The molecule has 0 saturated heterocycles. The van der Waals surface area contributed by atoms with Gasteiger partial charge < -0.3 is 15.0 Å². The Morgan fingerprint density at radius 3 is 2.65 bits per heavy atom. The molecule has 1 aromatic rings. The minimum absolute atomic E-state index is 0.374. The third-order valence-electron chi connectivity index (χ3n) is 2.79. The zero-order chi connectivity index (χ0) is 15.0. The number of aromatic nitrogens is 2. The second-order valence-corrected chi connectivity index (χ2v) is 5.82. The van der Waals surface area contributed by atoms with Gasteiger partial charge in [0.2, 0.25) is 5.88 Å². The van der Waals surface area contributed by atoms with Crippen molar-refractivity contribution < 1.29 is 4.74 Å². The molecule has 0 aliphatic carbocycles. The normalized spacial score (nSPS) is 12.8. The summed E-state index contributed by atoms with van der Waals surface area (Å²) in [5, 5.41) is 3.49. The van der Waals surface area contributed by atoms with Crippen molar-refractivity contribution in [3.05, 3.63) is 12.4 Å². The predicted octanol–water partition coefficient (Wildman–Crippen LogP) is 2.65. The van der Waals surface area contributed by atoms with E-state index in [2.05, 4.69) is 55.1 Å². The van der Waals surface area contributed by atoms with Crippen LogP contribution in [0.5, 0.6) is 5.88 Å². The fourth-order valence-corrected chi connectivity index (χ4v) is 2.10. The summed E-state index contributed by atoms with van der Waals surface area (Å²) in [5.41, 5.74) is 0. The summed E-state index contributed by atoms with van der Waals surface area (Å²) >= 11 is 0. The quantitative estimate of drug-likeness (QED) is 0.753. The largest absolute Gasteiger partial charge is 0.478 e. The summed E-state index contributed by atoms with van der Waals surface area (Å²) in [6.45, 7) is 8.22. The highest BCUT2D eigenvalue weighted by Gasteiger charge is 2.13. The van der Waals surface area contributed by atoms with Crippen LogP contribution in [0.4, 0.5) is 5.82 Å². The average Bonchev–Trinajstić information content (AvgIpc) is 2.35. The number of hydrogen-bond donors (Lipinski definition) is 1. The smallest absolute Gasteiger partial charge is 0.218 e. The Labute approximate surface area is 122 Å². The first-order valence-electron chi connectivity index (χ1n) is 7.37. The van der Waals surface area contributed by atoms with Crippen molar-refractivity contribution in [1.82, 2.24) is 14.9 Å². The van der Waals surface area contributed by atoms with Gasteiger partial charge in [0.05, 0.1) is 6.61 Å². The number of likely N-dealkylation sites (N-methyl/N-ethyl adjacent to an activating group) is 1. The fourth-order valence-electron chi connectivity index (χ4n) is 2.10. The number of anilines is 1. The van der Waals surface area contributed by atoms with Crippen molar-refractivity contribution in [2.75, 3.05) is 32.6 Å². The van der Waals surface area contributed by atoms with Gasteiger partial charge in [-0.25, -0.2) is 9.97 Å². The molecule has 0 aliphatic rings. The summed E-state index contributed by atoms with van der Waals surface area (Å²) in [6.07, 6.45) is 3.63. The van der Waals surface area contributed by atoms with Crippen molar-refractivity contribution in [2.45, 2.75) is 39.7 Å². The van der Waals surface area contributed by atoms with E-state index >= 15 is 0 Å². The van der Waals surface area contributed by atoms with Crippen LogP contribution in [0.25, 0.3) is 0 Å². The van der Waals surface area contributed by atoms with Gasteiger partial charge in [0.25, 0.3) is 0 Å². The van der Waals surface area contributed by atoms with Gasteiger partial charge in [-0.1, -0.05) is 20.8 Å². The van der Waals surface area contributed by atoms with Gasteiger partial charge in [0, 0.05) is 18.7 Å². The van der Waals surface area contributed by atoms with E-state index in [0.717, 1.165) is 25.2 Å². The van der Waals surface area contributed by atoms with E-state index in [0.29, 0.717) is 24.4 Å². The highest BCUT2D eigenvalue weighted by Crippen LogP contribution is 2.15. The molecule has 1 aromatic heterocycles. The van der Waals surface area contributed by atoms with Crippen molar-refractivity contribution in [3.63, 3.8) is 0 Å². The third-order valence-corrected chi connectivity index (χ3v) is 2.79. The lowest BCUT2D eigenvalue weighted by Gasteiger charge is -2.24. The van der Waals surface area contributed by atoms with Crippen LogP contribution < -0.4 is 10.1 Å². The third kappa shape index (κ3) is 6.70. The van der Waals surface area contributed by atoms with Crippen molar-refractivity contribution in [2.24, 2.45) is 5.92 Å². The molecule has 5 heteroatoms. The molecule has 0 spiro atoms. The first-order chi connectivity index (χ1) is 9.51. The van der Waals surface area contributed by atoms with Gasteiger partial charge in [-0.3, -0.25) is 0 Å². The van der Waals surface area contributed by atoms with Gasteiger partial charge in [-0.15, -0.1) is 0 Å². The Balaban J connectivity index is 2.66. The minimum atomic E-state index is 0.374. The molecule has 0 fully saturated rings. The maximum absolute atomic E-state index is 5.54. The molecule has 5 nitrogen and oxygen atoms in total. The lowest BCUT2D eigenvalue weighted by atomic mass is 10.0. The maximum atomic E-state index is 5.54. The predicted molar refractivity (Wildman–Crippen MR) is 83.2 cm³/mol. The standard InChI is InChI=1S/C15H28N4O/c1-6-7-20-15-9-14(16-11-17-15)18-13(8-12(2)3)10-19(4)5/h9,11-13H,6-8,10H2,1-5H3,(H,16,17,18). The van der Waals surface area contributed by atoms with E-state index in [4.69, 9.17) is 4.74 Å². The Kier molecular flexibility index (Phi) is 7.30. The second kappa shape index (κ2) is 8.74. The zero-order valence-electron chi connectivity index (χ0n) is 13.4.